The lowest BCUT2D eigenvalue weighted by Crippen LogP contribution is -2.08. The maximum Gasteiger partial charge on any atom is 0.337 e. The van der Waals surface area contributed by atoms with E-state index >= 15 is 0 Å². The number of pyridine rings is 1. The van der Waals surface area contributed by atoms with Gasteiger partial charge in [-0.05, 0) is 72.7 Å². The van der Waals surface area contributed by atoms with E-state index < -0.39 is 0 Å². The number of aromatic nitrogens is 2. The number of ether oxygens (including phenoxy) is 1. The molecule has 0 aliphatic heterocycles. The molecule has 0 spiro atoms. The number of rotatable bonds is 2. The maximum atomic E-state index is 11.7. The van der Waals surface area contributed by atoms with Crippen LogP contribution in [-0.4, -0.2) is 23.0 Å². The van der Waals surface area contributed by atoms with Crippen molar-refractivity contribution in [1.82, 2.24) is 9.97 Å². The first-order chi connectivity index (χ1) is 13.3. The van der Waals surface area contributed by atoms with Crippen LogP contribution in [0.1, 0.15) is 34.3 Å². The number of hydrogen-bond donors (Lipinski definition) is 1. The first-order valence-corrected chi connectivity index (χ1v) is 9.36. The van der Waals surface area contributed by atoms with Crippen molar-refractivity contribution >= 4 is 27.8 Å². The van der Waals surface area contributed by atoms with Gasteiger partial charge >= 0.3 is 5.97 Å². The molecule has 0 fully saturated rings. The van der Waals surface area contributed by atoms with Crippen LogP contribution >= 0.6 is 0 Å². The molecule has 2 aromatic heterocycles. The molecule has 0 amide bonds. The van der Waals surface area contributed by atoms with Crippen LogP contribution in [0.2, 0.25) is 0 Å². The summed E-state index contributed by atoms with van der Waals surface area (Å²) in [7, 11) is 1.41. The van der Waals surface area contributed by atoms with Gasteiger partial charge in [0, 0.05) is 28.2 Å². The molecule has 5 rings (SSSR count). The molecule has 0 bridgehead atoms. The highest BCUT2D eigenvalue weighted by molar-refractivity contribution is 6.08. The second-order valence-electron chi connectivity index (χ2n) is 7.10. The molecule has 134 valence electrons. The van der Waals surface area contributed by atoms with Crippen LogP contribution in [0.4, 0.5) is 0 Å². The highest BCUT2D eigenvalue weighted by atomic mass is 16.5. The van der Waals surface area contributed by atoms with E-state index in [2.05, 4.69) is 28.2 Å². The summed E-state index contributed by atoms with van der Waals surface area (Å²) in [6.07, 6.45) is 6.48. The number of hydrogen-bond acceptors (Lipinski definition) is 3. The molecule has 1 N–H and O–H groups in total. The zero-order chi connectivity index (χ0) is 18.4. The molecule has 0 unspecified atom stereocenters. The Hall–Kier alpha value is -3.14. The van der Waals surface area contributed by atoms with Crippen LogP contribution in [0, 0.1) is 0 Å². The summed E-state index contributed by atoms with van der Waals surface area (Å²) in [5, 5.41) is 2.55. The summed E-state index contributed by atoms with van der Waals surface area (Å²) in [6.45, 7) is 0. The Labute approximate surface area is 157 Å². The van der Waals surface area contributed by atoms with Gasteiger partial charge in [-0.1, -0.05) is 12.1 Å². The molecule has 4 heteroatoms. The lowest BCUT2D eigenvalue weighted by molar-refractivity contribution is 0.0601. The predicted octanol–water partition coefficient (Wildman–Crippen LogP) is 5.05. The van der Waals surface area contributed by atoms with Gasteiger partial charge in [0.2, 0.25) is 0 Å². The minimum absolute atomic E-state index is 0.308. The van der Waals surface area contributed by atoms with E-state index in [-0.39, 0.29) is 5.97 Å². The Morgan fingerprint density at radius 1 is 1.00 bits per heavy atom. The van der Waals surface area contributed by atoms with Crippen molar-refractivity contribution in [3.8, 4) is 11.3 Å². The number of fused-ring (bicyclic) bond motifs is 5. The Kier molecular flexibility index (Phi) is 3.71. The normalized spacial score (nSPS) is 13.7. The summed E-state index contributed by atoms with van der Waals surface area (Å²) in [5.74, 6) is -0.308. The van der Waals surface area contributed by atoms with E-state index in [1.165, 1.54) is 41.9 Å². The number of methoxy groups -OCH3 is 1. The largest absolute Gasteiger partial charge is 0.465 e. The lowest BCUT2D eigenvalue weighted by atomic mass is 9.85. The van der Waals surface area contributed by atoms with Crippen molar-refractivity contribution in [1.29, 1.82) is 0 Å². The number of H-pyrrole nitrogens is 1. The van der Waals surface area contributed by atoms with Gasteiger partial charge in [-0.25, -0.2) is 4.79 Å². The second kappa shape index (κ2) is 6.23. The molecule has 2 heterocycles. The van der Waals surface area contributed by atoms with Crippen molar-refractivity contribution in [3.05, 3.63) is 65.4 Å². The van der Waals surface area contributed by atoms with Gasteiger partial charge in [0.1, 0.15) is 0 Å². The van der Waals surface area contributed by atoms with E-state index in [0.29, 0.717) is 5.56 Å². The summed E-state index contributed by atoms with van der Waals surface area (Å²) in [6, 6.07) is 14.0. The smallest absolute Gasteiger partial charge is 0.337 e. The fourth-order valence-corrected chi connectivity index (χ4v) is 4.32. The third kappa shape index (κ3) is 2.52. The Bertz CT molecular complexity index is 1170. The highest BCUT2D eigenvalue weighted by Crippen LogP contribution is 2.38. The molecule has 0 radical (unpaired) electrons. The summed E-state index contributed by atoms with van der Waals surface area (Å²) >= 11 is 0. The molecule has 27 heavy (non-hydrogen) atoms. The number of carbonyl (C=O) groups is 1. The Balaban J connectivity index is 1.75. The third-order valence-electron chi connectivity index (χ3n) is 5.60. The van der Waals surface area contributed by atoms with Gasteiger partial charge in [0.05, 0.1) is 18.2 Å². The molecule has 4 nitrogen and oxygen atoms in total. The van der Waals surface area contributed by atoms with E-state index in [4.69, 9.17) is 4.74 Å². The van der Waals surface area contributed by atoms with Crippen LogP contribution in [0.5, 0.6) is 0 Å². The summed E-state index contributed by atoms with van der Waals surface area (Å²) < 4.78 is 4.81. The second-order valence-corrected chi connectivity index (χ2v) is 7.10. The summed E-state index contributed by atoms with van der Waals surface area (Å²) in [5.41, 5.74) is 7.87. The first kappa shape index (κ1) is 16.1. The van der Waals surface area contributed by atoms with Crippen LogP contribution in [0.25, 0.3) is 33.1 Å². The SMILES string of the molecule is COC(=O)c1ccc(-c2[nH]c3ccc4nccc4c3c3c2CCCC3)cc1. The van der Waals surface area contributed by atoms with Crippen molar-refractivity contribution < 1.29 is 9.53 Å². The first-order valence-electron chi connectivity index (χ1n) is 9.36. The number of carbonyl (C=O) groups excluding carboxylic acids is 1. The van der Waals surface area contributed by atoms with Gasteiger partial charge < -0.3 is 9.72 Å². The van der Waals surface area contributed by atoms with Gasteiger partial charge in [-0.2, -0.15) is 0 Å². The van der Waals surface area contributed by atoms with Gasteiger partial charge in [0.15, 0.2) is 0 Å². The van der Waals surface area contributed by atoms with E-state index in [1.54, 1.807) is 0 Å². The number of esters is 1. The fraction of sp³-hybridized carbons (Fsp3) is 0.217. The van der Waals surface area contributed by atoms with Crippen LogP contribution < -0.4 is 0 Å². The standard InChI is InChI=1S/C23H20N2O2/c1-27-23(26)15-8-6-14(7-9-15)22-17-5-3-2-4-16(17)21-18-12-13-24-19(18)10-11-20(21)25-22/h6-13,25H,2-5H2,1H3. The molecule has 0 saturated heterocycles. The van der Waals surface area contributed by atoms with E-state index in [9.17, 15) is 4.79 Å². The fourth-order valence-electron chi connectivity index (χ4n) is 4.32. The van der Waals surface area contributed by atoms with Crippen molar-refractivity contribution in [2.24, 2.45) is 0 Å². The van der Waals surface area contributed by atoms with Gasteiger partial charge in [0.25, 0.3) is 0 Å². The Morgan fingerprint density at radius 2 is 1.78 bits per heavy atom. The number of nitrogens with zero attached hydrogens (tertiary/aromatic N) is 1. The van der Waals surface area contributed by atoms with E-state index in [1.807, 2.05) is 30.5 Å². The topological polar surface area (TPSA) is 55.0 Å². The lowest BCUT2D eigenvalue weighted by Gasteiger charge is -2.23. The number of aryl methyl sites for hydroxylation is 1. The van der Waals surface area contributed by atoms with Gasteiger partial charge in [-0.3, -0.25) is 4.98 Å². The van der Waals surface area contributed by atoms with Crippen molar-refractivity contribution in [2.75, 3.05) is 7.11 Å². The molecule has 1 aliphatic carbocycles. The zero-order valence-corrected chi connectivity index (χ0v) is 15.2. The van der Waals surface area contributed by atoms with Crippen LogP contribution in [-0.2, 0) is 17.6 Å². The third-order valence-corrected chi connectivity index (χ3v) is 5.60. The maximum absolute atomic E-state index is 11.7. The molecule has 4 aromatic rings. The van der Waals surface area contributed by atoms with Crippen LogP contribution in [0.3, 0.4) is 0 Å². The molecular weight excluding hydrogens is 336 g/mol. The number of nitrogens with one attached hydrogen (secondary N) is 1. The minimum Gasteiger partial charge on any atom is -0.465 e. The predicted molar refractivity (Wildman–Crippen MR) is 107 cm³/mol. The average molecular weight is 356 g/mol. The quantitative estimate of drug-likeness (QED) is 0.511. The molecular formula is C23H20N2O2. The average Bonchev–Trinajstić information content (AvgIpc) is 3.21. The monoisotopic (exact) mass is 356 g/mol. The van der Waals surface area contributed by atoms with Crippen LogP contribution in [0.15, 0.2) is 48.7 Å². The molecule has 1 aliphatic rings. The van der Waals surface area contributed by atoms with Crippen molar-refractivity contribution in [3.63, 3.8) is 0 Å². The molecule has 0 saturated carbocycles. The zero-order valence-electron chi connectivity index (χ0n) is 15.2. The Morgan fingerprint density at radius 3 is 2.56 bits per heavy atom. The minimum atomic E-state index is -0.308. The molecule has 0 atom stereocenters. The highest BCUT2D eigenvalue weighted by Gasteiger charge is 2.20. The van der Waals surface area contributed by atoms with Gasteiger partial charge in [-0.15, -0.1) is 0 Å². The molecule has 2 aromatic carbocycles. The van der Waals surface area contributed by atoms with Crippen molar-refractivity contribution in [2.45, 2.75) is 25.7 Å². The number of aromatic amines is 1. The number of benzene rings is 2. The summed E-state index contributed by atoms with van der Waals surface area (Å²) in [4.78, 5) is 19.9. The van der Waals surface area contributed by atoms with E-state index in [0.717, 1.165) is 35.1 Å².